The van der Waals surface area contributed by atoms with Crippen LogP contribution in [-0.2, 0) is 10.3 Å². The molecule has 0 radical (unpaired) electrons. The van der Waals surface area contributed by atoms with E-state index >= 15 is 0 Å². The second-order valence-corrected chi connectivity index (χ2v) is 4.29. The minimum Gasteiger partial charge on any atom is -0.504 e. The Morgan fingerprint density at radius 2 is 2.06 bits per heavy atom. The van der Waals surface area contributed by atoms with Crippen molar-refractivity contribution in [3.63, 3.8) is 0 Å². The van der Waals surface area contributed by atoms with E-state index in [0.29, 0.717) is 23.4 Å². The zero-order valence-corrected chi connectivity index (χ0v) is 9.16. The van der Waals surface area contributed by atoms with Crippen LogP contribution in [0.25, 0.3) is 0 Å². The molecule has 2 N–H and O–H groups in total. The van der Waals surface area contributed by atoms with Gasteiger partial charge >= 0.3 is 0 Å². The number of phenols is 2. The normalized spacial score (nSPS) is 17.3. The van der Waals surface area contributed by atoms with Crippen molar-refractivity contribution in [2.24, 2.45) is 4.99 Å². The average molecular weight is 240 g/mol. The van der Waals surface area contributed by atoms with Crippen LogP contribution in [0.2, 0.25) is 5.02 Å². The maximum Gasteiger partial charge on any atom is 0.235 e. The molecule has 0 bridgehead atoms. The highest BCUT2D eigenvalue weighted by Gasteiger charge is 2.43. The maximum atomic E-state index is 10.4. The summed E-state index contributed by atoms with van der Waals surface area (Å²) in [7, 11) is 0. The number of rotatable bonds is 2. The van der Waals surface area contributed by atoms with E-state index in [1.54, 1.807) is 0 Å². The molecule has 0 saturated heterocycles. The van der Waals surface area contributed by atoms with Gasteiger partial charge in [0.2, 0.25) is 6.08 Å². The third-order valence-electron chi connectivity index (χ3n) is 3.01. The van der Waals surface area contributed by atoms with E-state index in [1.165, 1.54) is 18.2 Å². The number of isocyanates is 1. The average Bonchev–Trinajstić information content (AvgIpc) is 2.20. The lowest BCUT2D eigenvalue weighted by Gasteiger charge is -2.37. The molecule has 0 amide bonds. The molecule has 2 rings (SSSR count). The van der Waals surface area contributed by atoms with E-state index in [0.717, 1.165) is 6.42 Å². The lowest BCUT2D eigenvalue weighted by atomic mass is 9.72. The number of phenolic OH excluding ortho intramolecular Hbond substituents is 2. The Labute approximate surface area is 97.2 Å². The number of nitrogens with zero attached hydrogens (tertiary/aromatic N) is 1. The fraction of sp³-hybridized carbons (Fsp3) is 0.364. The summed E-state index contributed by atoms with van der Waals surface area (Å²) in [5.74, 6) is -0.557. The van der Waals surface area contributed by atoms with Crippen LogP contribution < -0.4 is 0 Å². The number of aliphatic imine (C=N–C) groups is 1. The first kappa shape index (κ1) is 11.0. The van der Waals surface area contributed by atoms with Crippen LogP contribution in [0.1, 0.15) is 24.8 Å². The fourth-order valence-corrected chi connectivity index (χ4v) is 2.34. The van der Waals surface area contributed by atoms with Gasteiger partial charge in [0.15, 0.2) is 11.5 Å². The largest absolute Gasteiger partial charge is 0.504 e. The van der Waals surface area contributed by atoms with Gasteiger partial charge in [-0.1, -0.05) is 11.6 Å². The molecule has 1 fully saturated rings. The molecule has 1 aliphatic carbocycles. The lowest BCUT2D eigenvalue weighted by Crippen LogP contribution is -2.32. The van der Waals surface area contributed by atoms with Crippen molar-refractivity contribution in [1.82, 2.24) is 0 Å². The number of aromatic hydroxyl groups is 2. The second kappa shape index (κ2) is 3.81. The Morgan fingerprint density at radius 1 is 1.38 bits per heavy atom. The summed E-state index contributed by atoms with van der Waals surface area (Å²) in [6.07, 6.45) is 3.65. The molecule has 1 aliphatic rings. The third kappa shape index (κ3) is 1.47. The molecule has 16 heavy (non-hydrogen) atoms. The van der Waals surface area contributed by atoms with Crippen LogP contribution in [0.5, 0.6) is 11.5 Å². The van der Waals surface area contributed by atoms with Gasteiger partial charge in [-0.3, -0.25) is 0 Å². The summed E-state index contributed by atoms with van der Waals surface area (Å²) in [4.78, 5) is 14.1. The van der Waals surface area contributed by atoms with E-state index in [4.69, 9.17) is 11.6 Å². The number of halogens is 1. The smallest absolute Gasteiger partial charge is 0.235 e. The monoisotopic (exact) mass is 239 g/mol. The van der Waals surface area contributed by atoms with E-state index in [1.807, 2.05) is 0 Å². The quantitative estimate of drug-likeness (QED) is 0.473. The van der Waals surface area contributed by atoms with Gasteiger partial charge in [0.25, 0.3) is 0 Å². The molecule has 0 heterocycles. The van der Waals surface area contributed by atoms with Crippen molar-refractivity contribution in [2.75, 3.05) is 0 Å². The summed E-state index contributed by atoms with van der Waals surface area (Å²) >= 11 is 5.97. The number of hydrogen-bond donors (Lipinski definition) is 2. The Balaban J connectivity index is 2.62. The predicted octanol–water partition coefficient (Wildman–Crippen LogP) is 2.47. The van der Waals surface area contributed by atoms with Crippen molar-refractivity contribution in [3.05, 3.63) is 22.7 Å². The molecule has 4 nitrogen and oxygen atoms in total. The minimum absolute atomic E-state index is 0.258. The molecule has 1 aromatic rings. The summed E-state index contributed by atoms with van der Waals surface area (Å²) in [5.41, 5.74) is -0.481. The van der Waals surface area contributed by atoms with Gasteiger partial charge in [-0.15, -0.1) is 0 Å². The first-order valence-corrected chi connectivity index (χ1v) is 5.28. The first-order chi connectivity index (χ1) is 7.60. The first-order valence-electron chi connectivity index (χ1n) is 4.91. The van der Waals surface area contributed by atoms with Crippen LogP contribution in [0.15, 0.2) is 17.1 Å². The molecule has 0 spiro atoms. The number of benzene rings is 1. The van der Waals surface area contributed by atoms with Crippen LogP contribution in [0, 0.1) is 0 Å². The molecular weight excluding hydrogens is 230 g/mol. The van der Waals surface area contributed by atoms with Gasteiger partial charge in [0.1, 0.15) is 5.54 Å². The predicted molar refractivity (Wildman–Crippen MR) is 58.4 cm³/mol. The van der Waals surface area contributed by atoms with Crippen LogP contribution >= 0.6 is 11.6 Å². The Morgan fingerprint density at radius 3 is 2.56 bits per heavy atom. The Kier molecular flexibility index (Phi) is 2.62. The van der Waals surface area contributed by atoms with E-state index in [9.17, 15) is 15.0 Å². The highest BCUT2D eigenvalue weighted by atomic mass is 35.5. The zero-order valence-electron chi connectivity index (χ0n) is 8.40. The minimum atomic E-state index is -0.804. The SMILES string of the molecule is O=C=NC1(c2c(Cl)ccc(O)c2O)CCC1. The van der Waals surface area contributed by atoms with Crippen molar-refractivity contribution in [2.45, 2.75) is 24.8 Å². The van der Waals surface area contributed by atoms with E-state index in [2.05, 4.69) is 4.99 Å². The third-order valence-corrected chi connectivity index (χ3v) is 3.33. The van der Waals surface area contributed by atoms with Gasteiger partial charge < -0.3 is 10.2 Å². The molecule has 1 aromatic carbocycles. The molecule has 0 atom stereocenters. The lowest BCUT2D eigenvalue weighted by molar-refractivity contribution is 0.245. The summed E-state index contributed by atoms with van der Waals surface area (Å²) in [6, 6.07) is 2.78. The highest BCUT2D eigenvalue weighted by molar-refractivity contribution is 6.31. The molecule has 5 heteroatoms. The second-order valence-electron chi connectivity index (χ2n) is 3.88. The summed E-state index contributed by atoms with van der Waals surface area (Å²) in [5, 5.41) is 19.5. The molecular formula is C11H10ClNO3. The van der Waals surface area contributed by atoms with Gasteiger partial charge in [0, 0.05) is 5.56 Å². The van der Waals surface area contributed by atoms with E-state index < -0.39 is 5.54 Å². The molecule has 1 saturated carbocycles. The van der Waals surface area contributed by atoms with Gasteiger partial charge in [-0.2, -0.15) is 4.99 Å². The molecule has 84 valence electrons. The molecule has 0 aliphatic heterocycles. The highest BCUT2D eigenvalue weighted by Crippen LogP contribution is 2.52. The van der Waals surface area contributed by atoms with Crippen molar-refractivity contribution in [1.29, 1.82) is 0 Å². The zero-order chi connectivity index (χ0) is 11.8. The number of carbonyl (C=O) groups excluding carboxylic acids is 1. The van der Waals surface area contributed by atoms with Gasteiger partial charge in [-0.05, 0) is 31.4 Å². The standard InChI is InChI=1S/C11H10ClNO3/c12-7-2-3-8(15)10(16)9(7)11(13-6-14)4-1-5-11/h2-3,15-16H,1,4-5H2. The van der Waals surface area contributed by atoms with Crippen LogP contribution in [-0.4, -0.2) is 16.3 Å². The van der Waals surface area contributed by atoms with Crippen molar-refractivity contribution in [3.8, 4) is 11.5 Å². The Bertz CT molecular complexity index is 476. The summed E-state index contributed by atoms with van der Waals surface area (Å²) < 4.78 is 0. The maximum absolute atomic E-state index is 10.4. The van der Waals surface area contributed by atoms with Gasteiger partial charge in [0.05, 0.1) is 5.02 Å². The van der Waals surface area contributed by atoms with Crippen molar-refractivity contribution >= 4 is 17.7 Å². The van der Waals surface area contributed by atoms with E-state index in [-0.39, 0.29) is 11.5 Å². The molecule has 0 unspecified atom stereocenters. The summed E-state index contributed by atoms with van der Waals surface area (Å²) in [6.45, 7) is 0. The molecule has 0 aromatic heterocycles. The topological polar surface area (TPSA) is 69.9 Å². The fourth-order valence-electron chi connectivity index (χ4n) is 2.01. The Hall–Kier alpha value is -1.51. The van der Waals surface area contributed by atoms with Crippen LogP contribution in [0.3, 0.4) is 0 Å². The number of hydrogen-bond acceptors (Lipinski definition) is 4. The van der Waals surface area contributed by atoms with Gasteiger partial charge in [-0.25, -0.2) is 4.79 Å². The van der Waals surface area contributed by atoms with Crippen molar-refractivity contribution < 1.29 is 15.0 Å². The van der Waals surface area contributed by atoms with Crippen LogP contribution in [0.4, 0.5) is 0 Å².